The maximum Gasteiger partial charge on any atom is 0.194 e. The molecule has 1 aliphatic carbocycles. The molecule has 29 heavy (non-hydrogen) atoms. The van der Waals surface area contributed by atoms with Gasteiger partial charge in [0.15, 0.2) is 5.96 Å². The molecule has 0 spiro atoms. The molecule has 0 radical (unpaired) electrons. The van der Waals surface area contributed by atoms with Gasteiger partial charge < -0.3 is 14.7 Å². The SMILES string of the molecule is CCNC(=NCC1(c2cccc(Br)c2)CC1)N1CCN(Cc2ccon2)CC1.I. The second kappa shape index (κ2) is 10.3. The molecular formula is C21H29BrIN5O. The van der Waals surface area contributed by atoms with Crippen LogP contribution in [-0.2, 0) is 12.0 Å². The zero-order valence-electron chi connectivity index (χ0n) is 16.8. The Morgan fingerprint density at radius 2 is 2.03 bits per heavy atom. The number of hydrogen-bond acceptors (Lipinski definition) is 4. The van der Waals surface area contributed by atoms with Crippen molar-refractivity contribution in [2.45, 2.75) is 31.7 Å². The molecule has 2 aromatic rings. The number of aromatic nitrogens is 1. The normalized spacial score (nSPS) is 19.0. The molecule has 4 rings (SSSR count). The number of piperazine rings is 1. The van der Waals surface area contributed by atoms with Crippen LogP contribution in [0.3, 0.4) is 0 Å². The van der Waals surface area contributed by atoms with Gasteiger partial charge in [0.1, 0.15) is 6.26 Å². The molecule has 8 heteroatoms. The maximum atomic E-state index is 5.05. The Kier molecular flexibility index (Phi) is 7.98. The lowest BCUT2D eigenvalue weighted by Gasteiger charge is -2.36. The molecule has 0 atom stereocenters. The van der Waals surface area contributed by atoms with Crippen molar-refractivity contribution >= 4 is 45.9 Å². The molecular weight excluding hydrogens is 545 g/mol. The molecule has 1 N–H and O–H groups in total. The van der Waals surface area contributed by atoms with E-state index >= 15 is 0 Å². The van der Waals surface area contributed by atoms with Gasteiger partial charge in [0.2, 0.25) is 0 Å². The quantitative estimate of drug-likeness (QED) is 0.323. The van der Waals surface area contributed by atoms with E-state index < -0.39 is 0 Å². The van der Waals surface area contributed by atoms with Gasteiger partial charge in [-0.2, -0.15) is 0 Å². The summed E-state index contributed by atoms with van der Waals surface area (Å²) in [7, 11) is 0. The van der Waals surface area contributed by atoms with E-state index in [0.29, 0.717) is 0 Å². The van der Waals surface area contributed by atoms with Crippen LogP contribution < -0.4 is 5.32 Å². The average molecular weight is 574 g/mol. The Morgan fingerprint density at radius 3 is 2.66 bits per heavy atom. The largest absolute Gasteiger partial charge is 0.364 e. The second-order valence-corrected chi connectivity index (χ2v) is 8.63. The van der Waals surface area contributed by atoms with Crippen molar-refractivity contribution < 1.29 is 4.52 Å². The van der Waals surface area contributed by atoms with Gasteiger partial charge in [-0.25, -0.2) is 0 Å². The van der Waals surface area contributed by atoms with Crippen LogP contribution in [0.15, 0.2) is 50.6 Å². The fourth-order valence-corrected chi connectivity index (χ4v) is 4.22. The molecule has 0 unspecified atom stereocenters. The topological polar surface area (TPSA) is 56.9 Å². The molecule has 2 fully saturated rings. The van der Waals surface area contributed by atoms with Crippen LogP contribution in [0.25, 0.3) is 0 Å². The molecule has 0 amide bonds. The van der Waals surface area contributed by atoms with E-state index in [4.69, 9.17) is 9.52 Å². The number of nitrogens with one attached hydrogen (secondary N) is 1. The lowest BCUT2D eigenvalue weighted by atomic mass is 9.96. The minimum atomic E-state index is 0. The van der Waals surface area contributed by atoms with Crippen molar-refractivity contribution in [2.75, 3.05) is 39.3 Å². The van der Waals surface area contributed by atoms with Crippen LogP contribution in [0.4, 0.5) is 0 Å². The zero-order valence-corrected chi connectivity index (χ0v) is 20.7. The molecule has 1 saturated heterocycles. The molecule has 2 aliphatic rings. The third kappa shape index (κ3) is 5.73. The number of guanidine groups is 1. The summed E-state index contributed by atoms with van der Waals surface area (Å²) in [6, 6.07) is 10.6. The van der Waals surface area contributed by atoms with Gasteiger partial charge in [-0.3, -0.25) is 9.89 Å². The van der Waals surface area contributed by atoms with E-state index in [2.05, 4.69) is 67.4 Å². The number of rotatable bonds is 6. The van der Waals surface area contributed by atoms with Gasteiger partial charge in [-0.15, -0.1) is 24.0 Å². The Balaban J connectivity index is 0.00000240. The molecule has 1 saturated carbocycles. The van der Waals surface area contributed by atoms with Crippen molar-refractivity contribution in [2.24, 2.45) is 4.99 Å². The van der Waals surface area contributed by atoms with Crippen LogP contribution in [0.1, 0.15) is 31.0 Å². The van der Waals surface area contributed by atoms with Gasteiger partial charge in [0, 0.05) is 55.2 Å². The van der Waals surface area contributed by atoms with Crippen molar-refractivity contribution in [3.05, 3.63) is 52.3 Å². The lowest BCUT2D eigenvalue weighted by Crippen LogP contribution is -2.52. The summed E-state index contributed by atoms with van der Waals surface area (Å²) in [5.74, 6) is 1.05. The highest BCUT2D eigenvalue weighted by Crippen LogP contribution is 2.48. The number of halogens is 2. The minimum Gasteiger partial charge on any atom is -0.364 e. The monoisotopic (exact) mass is 573 g/mol. The molecule has 1 aromatic heterocycles. The third-order valence-electron chi connectivity index (χ3n) is 5.71. The predicted molar refractivity (Wildman–Crippen MR) is 130 cm³/mol. The third-order valence-corrected chi connectivity index (χ3v) is 6.20. The summed E-state index contributed by atoms with van der Waals surface area (Å²) in [5.41, 5.74) is 2.62. The summed E-state index contributed by atoms with van der Waals surface area (Å²) in [6.07, 6.45) is 4.08. The Morgan fingerprint density at radius 1 is 1.24 bits per heavy atom. The average Bonchev–Trinajstić information content (AvgIpc) is 3.33. The highest BCUT2D eigenvalue weighted by molar-refractivity contribution is 14.0. The van der Waals surface area contributed by atoms with Gasteiger partial charge in [0.25, 0.3) is 0 Å². The van der Waals surface area contributed by atoms with Crippen molar-refractivity contribution in [3.63, 3.8) is 0 Å². The number of hydrogen-bond donors (Lipinski definition) is 1. The van der Waals surface area contributed by atoms with Gasteiger partial charge >= 0.3 is 0 Å². The molecule has 158 valence electrons. The fraction of sp³-hybridized carbons (Fsp3) is 0.524. The lowest BCUT2D eigenvalue weighted by molar-refractivity contribution is 0.169. The first-order chi connectivity index (χ1) is 13.7. The van der Waals surface area contributed by atoms with E-state index in [1.165, 1.54) is 18.4 Å². The fourth-order valence-electron chi connectivity index (χ4n) is 3.83. The van der Waals surface area contributed by atoms with Crippen molar-refractivity contribution in [3.8, 4) is 0 Å². The smallest absolute Gasteiger partial charge is 0.194 e. The summed E-state index contributed by atoms with van der Waals surface area (Å²) < 4.78 is 6.09. The summed E-state index contributed by atoms with van der Waals surface area (Å²) in [6.45, 7) is 8.71. The minimum absolute atomic E-state index is 0. The standard InChI is InChI=1S/C21H28BrN5O.HI/c1-2-23-20(24-16-21(7-8-21)17-4-3-5-18(22)14-17)27-11-9-26(10-12-27)15-19-6-13-28-25-19;/h3-6,13-14H,2,7-12,15-16H2,1H3,(H,23,24);1H. The molecule has 1 aliphatic heterocycles. The summed E-state index contributed by atoms with van der Waals surface area (Å²) >= 11 is 3.61. The Labute approximate surface area is 198 Å². The molecule has 6 nitrogen and oxygen atoms in total. The first-order valence-electron chi connectivity index (χ1n) is 10.1. The van der Waals surface area contributed by atoms with Gasteiger partial charge in [-0.1, -0.05) is 33.2 Å². The number of nitrogens with zero attached hydrogens (tertiary/aromatic N) is 4. The molecule has 2 heterocycles. The van der Waals surface area contributed by atoms with Crippen LogP contribution in [0.2, 0.25) is 0 Å². The first kappa shape index (κ1) is 22.6. The van der Waals surface area contributed by atoms with Crippen molar-refractivity contribution in [1.82, 2.24) is 20.3 Å². The molecule has 0 bridgehead atoms. The van der Waals surface area contributed by atoms with E-state index in [-0.39, 0.29) is 29.4 Å². The van der Waals surface area contributed by atoms with E-state index in [1.807, 2.05) is 6.07 Å². The first-order valence-corrected chi connectivity index (χ1v) is 10.9. The van der Waals surface area contributed by atoms with Crippen LogP contribution in [0.5, 0.6) is 0 Å². The molecule has 1 aromatic carbocycles. The highest BCUT2D eigenvalue weighted by Gasteiger charge is 2.44. The summed E-state index contributed by atoms with van der Waals surface area (Å²) in [5, 5.41) is 7.52. The highest BCUT2D eigenvalue weighted by atomic mass is 127. The Bertz CT molecular complexity index is 801. The predicted octanol–water partition coefficient (Wildman–Crippen LogP) is 3.87. The van der Waals surface area contributed by atoms with E-state index in [0.717, 1.165) is 61.9 Å². The van der Waals surface area contributed by atoms with Crippen LogP contribution in [0, 0.1) is 0 Å². The van der Waals surface area contributed by atoms with Crippen LogP contribution in [-0.4, -0.2) is 60.2 Å². The van der Waals surface area contributed by atoms with Gasteiger partial charge in [0.05, 0.1) is 12.2 Å². The number of aliphatic imine (C=N–C) groups is 1. The summed E-state index contributed by atoms with van der Waals surface area (Å²) in [4.78, 5) is 9.86. The maximum absolute atomic E-state index is 5.05. The van der Waals surface area contributed by atoms with E-state index in [1.54, 1.807) is 6.26 Å². The van der Waals surface area contributed by atoms with E-state index in [9.17, 15) is 0 Å². The van der Waals surface area contributed by atoms with Crippen LogP contribution >= 0.6 is 39.9 Å². The Hall–Kier alpha value is -1.13. The zero-order chi connectivity index (χ0) is 19.4. The van der Waals surface area contributed by atoms with Gasteiger partial charge in [-0.05, 0) is 37.5 Å². The number of benzene rings is 1. The second-order valence-electron chi connectivity index (χ2n) is 7.71. The van der Waals surface area contributed by atoms with Crippen molar-refractivity contribution in [1.29, 1.82) is 0 Å².